The highest BCUT2D eigenvalue weighted by Crippen LogP contribution is 2.45. The maximum Gasteiger partial charge on any atom is 0.0772 e. The molecule has 0 bridgehead atoms. The Morgan fingerprint density at radius 1 is 1.58 bits per heavy atom. The van der Waals surface area contributed by atoms with Crippen molar-refractivity contribution in [3.8, 4) is 0 Å². The van der Waals surface area contributed by atoms with Gasteiger partial charge >= 0.3 is 0 Å². The first-order valence-electron chi connectivity index (χ1n) is 4.36. The maximum absolute atomic E-state index is 9.69. The van der Waals surface area contributed by atoms with Gasteiger partial charge in [0.15, 0.2) is 0 Å². The summed E-state index contributed by atoms with van der Waals surface area (Å²) in [4.78, 5) is 0. The van der Waals surface area contributed by atoms with Crippen LogP contribution in [0.15, 0.2) is 11.6 Å². The molecular weight excluding hydrogens is 176 g/mol. The fourth-order valence-electron chi connectivity index (χ4n) is 2.45. The van der Waals surface area contributed by atoms with E-state index in [9.17, 15) is 5.11 Å². The number of rotatable bonds is 1. The van der Waals surface area contributed by atoms with Crippen molar-refractivity contribution in [1.82, 2.24) is 0 Å². The summed E-state index contributed by atoms with van der Waals surface area (Å²) in [6, 6.07) is 0. The first-order valence-corrected chi connectivity index (χ1v) is 4.79. The van der Waals surface area contributed by atoms with Crippen LogP contribution in [0.25, 0.3) is 0 Å². The fourth-order valence-corrected chi connectivity index (χ4v) is 2.84. The summed E-state index contributed by atoms with van der Waals surface area (Å²) in [6.45, 7) is 0.0713. The molecule has 3 heteroatoms. The van der Waals surface area contributed by atoms with Gasteiger partial charge in [-0.3, -0.25) is 0 Å². The van der Waals surface area contributed by atoms with Crippen LogP contribution in [-0.4, -0.2) is 28.3 Å². The first-order chi connectivity index (χ1) is 5.74. The Morgan fingerprint density at radius 3 is 3.00 bits per heavy atom. The van der Waals surface area contributed by atoms with E-state index in [2.05, 4.69) is 0 Å². The molecule has 2 nitrogen and oxygen atoms in total. The normalized spacial score (nSPS) is 46.1. The molecule has 0 aromatic rings. The summed E-state index contributed by atoms with van der Waals surface area (Å²) in [5, 5.41) is 18.6. The molecule has 0 aliphatic heterocycles. The van der Waals surface area contributed by atoms with Crippen LogP contribution >= 0.6 is 11.6 Å². The van der Waals surface area contributed by atoms with E-state index in [1.165, 1.54) is 0 Å². The van der Waals surface area contributed by atoms with Crippen LogP contribution in [0, 0.1) is 11.8 Å². The van der Waals surface area contributed by atoms with E-state index in [-0.39, 0.29) is 17.9 Å². The third-order valence-electron chi connectivity index (χ3n) is 3.07. The minimum absolute atomic E-state index is 0.0713. The van der Waals surface area contributed by atoms with Crippen molar-refractivity contribution < 1.29 is 10.2 Å². The second-order valence-electron chi connectivity index (χ2n) is 3.70. The molecule has 2 N–H and O–H groups in total. The Labute approximate surface area is 76.8 Å². The first kappa shape index (κ1) is 8.54. The molecule has 2 rings (SSSR count). The van der Waals surface area contributed by atoms with Gasteiger partial charge in [-0.15, -0.1) is 11.6 Å². The highest BCUT2D eigenvalue weighted by atomic mass is 35.5. The number of aliphatic hydroxyl groups excluding tert-OH is 2. The average Bonchev–Trinajstić information content (AvgIpc) is 2.55. The molecule has 68 valence electrons. The number of alkyl halides is 1. The lowest BCUT2D eigenvalue weighted by molar-refractivity contribution is 0.136. The lowest BCUT2D eigenvalue weighted by atomic mass is 9.94. The number of aliphatic hydroxyl groups is 2. The molecule has 2 aliphatic rings. The van der Waals surface area contributed by atoms with Crippen LogP contribution in [0.2, 0.25) is 0 Å². The van der Waals surface area contributed by atoms with Crippen molar-refractivity contribution in [2.24, 2.45) is 11.8 Å². The number of hydrogen-bond donors (Lipinski definition) is 2. The van der Waals surface area contributed by atoms with E-state index in [0.29, 0.717) is 5.92 Å². The van der Waals surface area contributed by atoms with Crippen molar-refractivity contribution in [2.45, 2.75) is 24.3 Å². The predicted octanol–water partition coefficient (Wildman–Crippen LogP) is 0.913. The highest BCUT2D eigenvalue weighted by Gasteiger charge is 2.44. The van der Waals surface area contributed by atoms with Crippen molar-refractivity contribution >= 4 is 11.6 Å². The fraction of sp³-hybridized carbons (Fsp3) is 0.778. The van der Waals surface area contributed by atoms with Crippen molar-refractivity contribution in [2.75, 3.05) is 6.61 Å². The SMILES string of the molecule is OCC1=CC[C@H]2C[C@@H](Cl)[C@H](O)[C@@H]12. The topological polar surface area (TPSA) is 40.5 Å². The summed E-state index contributed by atoms with van der Waals surface area (Å²) >= 11 is 5.93. The summed E-state index contributed by atoms with van der Waals surface area (Å²) in [6.07, 6.45) is 3.45. The molecule has 0 spiro atoms. The molecule has 0 heterocycles. The quantitative estimate of drug-likeness (QED) is 0.475. The zero-order valence-corrected chi connectivity index (χ0v) is 7.54. The van der Waals surface area contributed by atoms with Crippen LogP contribution < -0.4 is 0 Å². The summed E-state index contributed by atoms with van der Waals surface area (Å²) < 4.78 is 0. The third kappa shape index (κ3) is 1.10. The average molecular weight is 189 g/mol. The van der Waals surface area contributed by atoms with Gasteiger partial charge in [0.05, 0.1) is 18.1 Å². The zero-order chi connectivity index (χ0) is 8.72. The Morgan fingerprint density at radius 2 is 2.33 bits per heavy atom. The van der Waals surface area contributed by atoms with Crippen LogP contribution in [0.3, 0.4) is 0 Å². The Hall–Kier alpha value is -0.0500. The van der Waals surface area contributed by atoms with Gasteiger partial charge in [0.2, 0.25) is 0 Å². The van der Waals surface area contributed by atoms with E-state index >= 15 is 0 Å². The second-order valence-corrected chi connectivity index (χ2v) is 4.26. The van der Waals surface area contributed by atoms with E-state index in [4.69, 9.17) is 16.7 Å². The van der Waals surface area contributed by atoms with Crippen LogP contribution in [0.4, 0.5) is 0 Å². The molecule has 0 unspecified atom stereocenters. The lowest BCUT2D eigenvalue weighted by Gasteiger charge is -2.17. The zero-order valence-electron chi connectivity index (χ0n) is 6.78. The Balaban J connectivity index is 2.17. The standard InChI is InChI=1S/C9H13ClO2/c10-7-3-5-1-2-6(4-11)8(5)9(7)12/h2,5,7-9,11-12H,1,3-4H2/t5-,7+,8+,9-/m0/s1. The Bertz CT molecular complexity index is 215. The molecule has 0 aromatic carbocycles. The molecular formula is C9H13ClO2. The predicted molar refractivity (Wildman–Crippen MR) is 47.0 cm³/mol. The van der Waals surface area contributed by atoms with Crippen LogP contribution in [-0.2, 0) is 0 Å². The van der Waals surface area contributed by atoms with Gasteiger partial charge in [-0.2, -0.15) is 0 Å². The van der Waals surface area contributed by atoms with E-state index in [1.54, 1.807) is 0 Å². The summed E-state index contributed by atoms with van der Waals surface area (Å²) in [5.74, 6) is 0.613. The molecule has 0 aromatic heterocycles. The highest BCUT2D eigenvalue weighted by molar-refractivity contribution is 6.21. The van der Waals surface area contributed by atoms with Gasteiger partial charge in [-0.05, 0) is 24.3 Å². The van der Waals surface area contributed by atoms with Crippen LogP contribution in [0.1, 0.15) is 12.8 Å². The van der Waals surface area contributed by atoms with Gasteiger partial charge in [0.25, 0.3) is 0 Å². The molecule has 1 fully saturated rings. The third-order valence-corrected chi connectivity index (χ3v) is 3.50. The smallest absolute Gasteiger partial charge is 0.0772 e. The lowest BCUT2D eigenvalue weighted by Crippen LogP contribution is -2.24. The summed E-state index contributed by atoms with van der Waals surface area (Å²) in [5.41, 5.74) is 0.982. The minimum Gasteiger partial charge on any atom is -0.392 e. The van der Waals surface area contributed by atoms with E-state index in [1.807, 2.05) is 6.08 Å². The minimum atomic E-state index is -0.447. The second kappa shape index (κ2) is 3.02. The number of halogens is 1. The molecule has 0 amide bonds. The maximum atomic E-state index is 9.69. The van der Waals surface area contributed by atoms with Crippen molar-refractivity contribution in [3.63, 3.8) is 0 Å². The molecule has 12 heavy (non-hydrogen) atoms. The monoisotopic (exact) mass is 188 g/mol. The molecule has 4 atom stereocenters. The largest absolute Gasteiger partial charge is 0.392 e. The van der Waals surface area contributed by atoms with E-state index in [0.717, 1.165) is 18.4 Å². The van der Waals surface area contributed by atoms with Gasteiger partial charge in [-0.1, -0.05) is 6.08 Å². The molecule has 0 saturated heterocycles. The molecule has 1 saturated carbocycles. The number of fused-ring (bicyclic) bond motifs is 1. The Kier molecular flexibility index (Phi) is 2.15. The van der Waals surface area contributed by atoms with Gasteiger partial charge in [-0.25, -0.2) is 0 Å². The van der Waals surface area contributed by atoms with Crippen molar-refractivity contribution in [3.05, 3.63) is 11.6 Å². The van der Waals surface area contributed by atoms with Gasteiger partial charge in [0, 0.05) is 5.92 Å². The number of hydrogen-bond acceptors (Lipinski definition) is 2. The van der Waals surface area contributed by atoms with E-state index < -0.39 is 6.10 Å². The van der Waals surface area contributed by atoms with Gasteiger partial charge in [0.1, 0.15) is 0 Å². The molecule has 2 aliphatic carbocycles. The van der Waals surface area contributed by atoms with Gasteiger partial charge < -0.3 is 10.2 Å². The number of allylic oxidation sites excluding steroid dienone is 1. The van der Waals surface area contributed by atoms with Crippen LogP contribution in [0.5, 0.6) is 0 Å². The summed E-state index contributed by atoms with van der Waals surface area (Å²) in [7, 11) is 0. The van der Waals surface area contributed by atoms with Crippen molar-refractivity contribution in [1.29, 1.82) is 0 Å². The molecule has 0 radical (unpaired) electrons.